The fourth-order valence-electron chi connectivity index (χ4n) is 2.76. The zero-order chi connectivity index (χ0) is 18.8. The molecule has 0 bridgehead atoms. The zero-order valence-corrected chi connectivity index (χ0v) is 14.8. The molecule has 7 nitrogen and oxygen atoms in total. The monoisotopic (exact) mass is 363 g/mol. The molecule has 0 amide bonds. The molecule has 27 heavy (non-hydrogen) atoms. The van der Waals surface area contributed by atoms with Gasteiger partial charge in [-0.2, -0.15) is 0 Å². The Morgan fingerprint density at radius 1 is 1.11 bits per heavy atom. The maximum Gasteiger partial charge on any atom is 0.341 e. The Bertz CT molecular complexity index is 1080. The van der Waals surface area contributed by atoms with Crippen molar-refractivity contribution in [2.75, 3.05) is 7.11 Å². The van der Waals surface area contributed by atoms with Crippen molar-refractivity contribution in [3.8, 4) is 17.2 Å². The van der Waals surface area contributed by atoms with E-state index >= 15 is 0 Å². The molecule has 0 saturated heterocycles. The van der Waals surface area contributed by atoms with Crippen LogP contribution in [-0.4, -0.2) is 28.3 Å². The van der Waals surface area contributed by atoms with Crippen molar-refractivity contribution in [3.63, 3.8) is 0 Å². The van der Waals surface area contributed by atoms with Gasteiger partial charge in [0.15, 0.2) is 6.10 Å². The van der Waals surface area contributed by atoms with E-state index in [2.05, 4.69) is 15.2 Å². The second kappa shape index (κ2) is 6.95. The van der Waals surface area contributed by atoms with E-state index in [1.807, 2.05) is 36.4 Å². The van der Waals surface area contributed by atoms with E-state index in [4.69, 9.17) is 13.9 Å². The van der Waals surface area contributed by atoms with Gasteiger partial charge in [-0.1, -0.05) is 18.2 Å². The van der Waals surface area contributed by atoms with E-state index in [0.717, 1.165) is 22.2 Å². The molecule has 4 aromatic rings. The summed E-state index contributed by atoms with van der Waals surface area (Å²) in [6.07, 6.45) is 0.960. The van der Waals surface area contributed by atoms with Crippen molar-refractivity contribution in [3.05, 3.63) is 66.2 Å². The van der Waals surface area contributed by atoms with Gasteiger partial charge in [-0.05, 0) is 37.3 Å². The number of esters is 1. The minimum Gasteiger partial charge on any atom is -0.497 e. The zero-order valence-electron chi connectivity index (χ0n) is 14.8. The highest BCUT2D eigenvalue weighted by Crippen LogP contribution is 2.26. The summed E-state index contributed by atoms with van der Waals surface area (Å²) in [5, 5.41) is 8.83. The first-order chi connectivity index (χ1) is 13.2. The number of para-hydroxylation sites is 1. The Morgan fingerprint density at radius 2 is 1.89 bits per heavy atom. The molecule has 1 atom stereocenters. The molecule has 0 aliphatic carbocycles. The number of methoxy groups -OCH3 is 1. The summed E-state index contributed by atoms with van der Waals surface area (Å²) >= 11 is 0. The molecule has 0 fully saturated rings. The van der Waals surface area contributed by atoms with Crippen LogP contribution in [-0.2, 0) is 4.74 Å². The van der Waals surface area contributed by atoms with E-state index in [1.165, 1.54) is 0 Å². The maximum absolute atomic E-state index is 12.5. The molecule has 0 aliphatic rings. The van der Waals surface area contributed by atoms with Crippen molar-refractivity contribution in [2.24, 2.45) is 0 Å². The van der Waals surface area contributed by atoms with Crippen LogP contribution in [0.2, 0.25) is 0 Å². The molecule has 0 radical (unpaired) electrons. The predicted octanol–water partition coefficient (Wildman–Crippen LogP) is 4.14. The second-order valence-electron chi connectivity index (χ2n) is 5.97. The summed E-state index contributed by atoms with van der Waals surface area (Å²) in [7, 11) is 1.60. The number of aromatic nitrogens is 3. The SMILES string of the molecule is COc1ccc(-c2nnc([C@H](C)OC(=O)c3c[nH]c4ccccc34)o2)cc1. The molecule has 0 saturated carbocycles. The van der Waals surface area contributed by atoms with Gasteiger partial charge in [0.25, 0.3) is 5.89 Å². The van der Waals surface area contributed by atoms with Gasteiger partial charge in [0, 0.05) is 22.7 Å². The quantitative estimate of drug-likeness (QED) is 0.536. The van der Waals surface area contributed by atoms with E-state index in [-0.39, 0.29) is 5.89 Å². The number of rotatable bonds is 5. The first kappa shape index (κ1) is 16.8. The van der Waals surface area contributed by atoms with Crippen molar-refractivity contribution < 1.29 is 18.7 Å². The largest absolute Gasteiger partial charge is 0.497 e. The summed E-state index contributed by atoms with van der Waals surface area (Å²) in [4.78, 5) is 15.6. The van der Waals surface area contributed by atoms with Crippen LogP contribution in [0.15, 0.2) is 59.1 Å². The lowest BCUT2D eigenvalue weighted by molar-refractivity contribution is 0.0282. The van der Waals surface area contributed by atoms with Crippen LogP contribution in [0.5, 0.6) is 5.75 Å². The number of fused-ring (bicyclic) bond motifs is 1. The first-order valence-corrected chi connectivity index (χ1v) is 8.40. The Labute approximate surface area is 154 Å². The van der Waals surface area contributed by atoms with Gasteiger partial charge in [-0.3, -0.25) is 0 Å². The number of nitrogens with zero attached hydrogens (tertiary/aromatic N) is 2. The summed E-state index contributed by atoms with van der Waals surface area (Å²) in [5.74, 6) is 0.861. The van der Waals surface area contributed by atoms with Gasteiger partial charge in [0.2, 0.25) is 5.89 Å². The van der Waals surface area contributed by atoms with Crippen LogP contribution in [0, 0.1) is 0 Å². The molecule has 0 aliphatic heterocycles. The van der Waals surface area contributed by atoms with Gasteiger partial charge >= 0.3 is 5.97 Å². The number of nitrogens with one attached hydrogen (secondary N) is 1. The normalized spacial score (nSPS) is 12.1. The van der Waals surface area contributed by atoms with Crippen LogP contribution >= 0.6 is 0 Å². The van der Waals surface area contributed by atoms with E-state index in [9.17, 15) is 4.79 Å². The highest BCUT2D eigenvalue weighted by molar-refractivity contribution is 6.04. The molecule has 4 rings (SSSR count). The smallest absolute Gasteiger partial charge is 0.341 e. The Kier molecular flexibility index (Phi) is 4.33. The molecule has 7 heteroatoms. The molecule has 0 unspecified atom stereocenters. The molecule has 2 aromatic carbocycles. The van der Waals surface area contributed by atoms with Crippen LogP contribution in [0.4, 0.5) is 0 Å². The summed E-state index contributed by atoms with van der Waals surface area (Å²) in [6, 6.07) is 14.8. The van der Waals surface area contributed by atoms with Crippen LogP contribution in [0.1, 0.15) is 29.3 Å². The molecule has 136 valence electrons. The van der Waals surface area contributed by atoms with Gasteiger partial charge in [-0.25, -0.2) is 4.79 Å². The predicted molar refractivity (Wildman–Crippen MR) is 98.4 cm³/mol. The highest BCUT2D eigenvalue weighted by Gasteiger charge is 2.21. The Balaban J connectivity index is 1.50. The van der Waals surface area contributed by atoms with E-state index < -0.39 is 12.1 Å². The molecular formula is C20H17N3O4. The van der Waals surface area contributed by atoms with Crippen molar-refractivity contribution >= 4 is 16.9 Å². The van der Waals surface area contributed by atoms with Crippen molar-refractivity contribution in [2.45, 2.75) is 13.0 Å². The Morgan fingerprint density at radius 3 is 2.67 bits per heavy atom. The van der Waals surface area contributed by atoms with Gasteiger partial charge in [0.05, 0.1) is 12.7 Å². The second-order valence-corrected chi connectivity index (χ2v) is 5.97. The summed E-state index contributed by atoms with van der Waals surface area (Å²) < 4.78 is 16.3. The molecule has 0 spiro atoms. The molecular weight excluding hydrogens is 346 g/mol. The topological polar surface area (TPSA) is 90.2 Å². The third kappa shape index (κ3) is 3.27. The standard InChI is InChI=1S/C20H17N3O4/c1-12(26-20(24)16-11-21-17-6-4-3-5-15(16)17)18-22-23-19(27-18)13-7-9-14(25-2)10-8-13/h3-12,21H,1-2H3/t12-/m0/s1. The fourth-order valence-corrected chi connectivity index (χ4v) is 2.76. The summed E-state index contributed by atoms with van der Waals surface area (Å²) in [5.41, 5.74) is 2.09. The maximum atomic E-state index is 12.5. The lowest BCUT2D eigenvalue weighted by Gasteiger charge is -2.08. The number of hydrogen-bond acceptors (Lipinski definition) is 6. The average molecular weight is 363 g/mol. The molecule has 2 aromatic heterocycles. The Hall–Kier alpha value is -3.61. The number of hydrogen-bond donors (Lipinski definition) is 1. The lowest BCUT2D eigenvalue weighted by Crippen LogP contribution is -2.09. The van der Waals surface area contributed by atoms with E-state index in [0.29, 0.717) is 11.5 Å². The third-order valence-electron chi connectivity index (χ3n) is 4.22. The first-order valence-electron chi connectivity index (χ1n) is 8.40. The molecule has 2 heterocycles. The summed E-state index contributed by atoms with van der Waals surface area (Å²) in [6.45, 7) is 1.69. The minimum atomic E-state index is -0.675. The van der Waals surface area contributed by atoms with Gasteiger partial charge in [-0.15, -0.1) is 10.2 Å². The number of H-pyrrole nitrogens is 1. The van der Waals surface area contributed by atoms with Crippen LogP contribution in [0.3, 0.4) is 0 Å². The number of aromatic amines is 1. The number of benzene rings is 2. The molecule has 1 N–H and O–H groups in total. The van der Waals surface area contributed by atoms with Crippen LogP contribution < -0.4 is 4.74 Å². The third-order valence-corrected chi connectivity index (χ3v) is 4.22. The highest BCUT2D eigenvalue weighted by atomic mass is 16.6. The lowest BCUT2D eigenvalue weighted by atomic mass is 10.2. The van der Waals surface area contributed by atoms with Crippen LogP contribution in [0.25, 0.3) is 22.4 Å². The van der Waals surface area contributed by atoms with Crippen molar-refractivity contribution in [1.82, 2.24) is 15.2 Å². The number of ether oxygens (including phenoxy) is 2. The van der Waals surface area contributed by atoms with E-state index in [1.54, 1.807) is 32.4 Å². The average Bonchev–Trinajstić information content (AvgIpc) is 3.35. The van der Waals surface area contributed by atoms with Crippen molar-refractivity contribution in [1.29, 1.82) is 0 Å². The van der Waals surface area contributed by atoms with Gasteiger partial charge < -0.3 is 18.9 Å². The number of carbonyl (C=O) groups is 1. The minimum absolute atomic E-state index is 0.231. The number of carbonyl (C=O) groups excluding carboxylic acids is 1. The van der Waals surface area contributed by atoms with Gasteiger partial charge in [0.1, 0.15) is 5.75 Å². The fraction of sp³-hybridized carbons (Fsp3) is 0.150.